The van der Waals surface area contributed by atoms with Gasteiger partial charge in [0.2, 0.25) is 0 Å². The van der Waals surface area contributed by atoms with Crippen LogP contribution in [0, 0.1) is 6.92 Å². The molecule has 1 rings (SSSR count). The first-order chi connectivity index (χ1) is 6.67. The SMILES string of the molecule is CCc1cc(NC(=O)NC)ccc1C. The van der Waals surface area contributed by atoms with Gasteiger partial charge in [0.05, 0.1) is 0 Å². The number of hydrogen-bond acceptors (Lipinski definition) is 1. The van der Waals surface area contributed by atoms with E-state index in [0.717, 1.165) is 12.1 Å². The van der Waals surface area contributed by atoms with E-state index in [2.05, 4.69) is 24.5 Å². The minimum absolute atomic E-state index is 0.184. The lowest BCUT2D eigenvalue weighted by Crippen LogP contribution is -2.24. The molecule has 0 saturated heterocycles. The Kier molecular flexibility index (Phi) is 3.51. The van der Waals surface area contributed by atoms with Crippen LogP contribution < -0.4 is 10.6 Å². The third-order valence-corrected chi connectivity index (χ3v) is 2.21. The van der Waals surface area contributed by atoms with Gasteiger partial charge in [0.15, 0.2) is 0 Å². The normalized spacial score (nSPS) is 9.64. The van der Waals surface area contributed by atoms with Crippen molar-refractivity contribution in [3.05, 3.63) is 29.3 Å². The molecule has 1 aromatic rings. The zero-order valence-electron chi connectivity index (χ0n) is 8.85. The third kappa shape index (κ3) is 2.49. The van der Waals surface area contributed by atoms with E-state index < -0.39 is 0 Å². The van der Waals surface area contributed by atoms with Gasteiger partial charge < -0.3 is 10.6 Å². The van der Waals surface area contributed by atoms with Crippen LogP contribution in [0.3, 0.4) is 0 Å². The minimum atomic E-state index is -0.184. The molecule has 0 aliphatic rings. The highest BCUT2D eigenvalue weighted by molar-refractivity contribution is 5.89. The summed E-state index contributed by atoms with van der Waals surface area (Å²) in [5.41, 5.74) is 3.36. The molecule has 0 radical (unpaired) electrons. The molecule has 2 N–H and O–H groups in total. The third-order valence-electron chi connectivity index (χ3n) is 2.21. The van der Waals surface area contributed by atoms with Gasteiger partial charge >= 0.3 is 6.03 Å². The molecule has 0 bridgehead atoms. The molecule has 0 unspecified atom stereocenters. The lowest BCUT2D eigenvalue weighted by atomic mass is 10.1. The van der Waals surface area contributed by atoms with Crippen molar-refractivity contribution < 1.29 is 4.79 Å². The summed E-state index contributed by atoms with van der Waals surface area (Å²) in [6.07, 6.45) is 0.981. The van der Waals surface area contributed by atoms with E-state index in [1.54, 1.807) is 7.05 Å². The van der Waals surface area contributed by atoms with Crippen LogP contribution >= 0.6 is 0 Å². The summed E-state index contributed by atoms with van der Waals surface area (Å²) >= 11 is 0. The first-order valence-corrected chi connectivity index (χ1v) is 4.75. The highest BCUT2D eigenvalue weighted by Gasteiger charge is 2.01. The highest BCUT2D eigenvalue weighted by atomic mass is 16.2. The molecule has 0 aromatic heterocycles. The van der Waals surface area contributed by atoms with E-state index in [1.165, 1.54) is 11.1 Å². The van der Waals surface area contributed by atoms with Crippen molar-refractivity contribution in [1.29, 1.82) is 0 Å². The molecule has 0 aliphatic carbocycles. The summed E-state index contributed by atoms with van der Waals surface area (Å²) in [6, 6.07) is 5.74. The zero-order chi connectivity index (χ0) is 10.6. The quantitative estimate of drug-likeness (QED) is 0.741. The van der Waals surface area contributed by atoms with Crippen molar-refractivity contribution in [1.82, 2.24) is 5.32 Å². The Labute approximate surface area is 84.5 Å². The van der Waals surface area contributed by atoms with E-state index in [9.17, 15) is 4.79 Å². The second-order valence-electron chi connectivity index (χ2n) is 3.20. The van der Waals surface area contributed by atoms with Crippen LogP contribution in [0.1, 0.15) is 18.1 Å². The van der Waals surface area contributed by atoms with Crippen LogP contribution in [-0.4, -0.2) is 13.1 Å². The summed E-state index contributed by atoms with van der Waals surface area (Å²) in [5.74, 6) is 0. The molecule has 0 spiro atoms. The fraction of sp³-hybridized carbons (Fsp3) is 0.364. The minimum Gasteiger partial charge on any atom is -0.341 e. The monoisotopic (exact) mass is 192 g/mol. The van der Waals surface area contributed by atoms with E-state index in [4.69, 9.17) is 0 Å². The average Bonchev–Trinajstić information content (AvgIpc) is 2.20. The Morgan fingerprint density at radius 3 is 2.71 bits per heavy atom. The van der Waals surface area contributed by atoms with Crippen LogP contribution in [0.25, 0.3) is 0 Å². The lowest BCUT2D eigenvalue weighted by molar-refractivity contribution is 0.254. The van der Waals surface area contributed by atoms with E-state index >= 15 is 0 Å². The number of anilines is 1. The Bertz CT molecular complexity index is 334. The van der Waals surface area contributed by atoms with E-state index in [1.807, 2.05) is 18.2 Å². The van der Waals surface area contributed by atoms with Gasteiger partial charge in [-0.15, -0.1) is 0 Å². The number of carbonyl (C=O) groups is 1. The van der Waals surface area contributed by atoms with Crippen molar-refractivity contribution in [2.45, 2.75) is 20.3 Å². The summed E-state index contributed by atoms with van der Waals surface area (Å²) in [6.45, 7) is 4.18. The van der Waals surface area contributed by atoms with Gasteiger partial charge in [0.25, 0.3) is 0 Å². The second-order valence-corrected chi connectivity index (χ2v) is 3.20. The smallest absolute Gasteiger partial charge is 0.318 e. The van der Waals surface area contributed by atoms with Gasteiger partial charge in [0.1, 0.15) is 0 Å². The predicted octanol–water partition coefficient (Wildman–Crippen LogP) is 2.31. The lowest BCUT2D eigenvalue weighted by Gasteiger charge is -2.08. The Hall–Kier alpha value is -1.51. The van der Waals surface area contributed by atoms with Crippen molar-refractivity contribution in [3.63, 3.8) is 0 Å². The van der Waals surface area contributed by atoms with Crippen LogP contribution in [0.15, 0.2) is 18.2 Å². The first-order valence-electron chi connectivity index (χ1n) is 4.75. The topological polar surface area (TPSA) is 41.1 Å². The molecule has 1 aromatic carbocycles. The van der Waals surface area contributed by atoms with Gasteiger partial charge in [-0.25, -0.2) is 4.79 Å². The molecule has 76 valence electrons. The van der Waals surface area contributed by atoms with Gasteiger partial charge in [-0.2, -0.15) is 0 Å². The number of aryl methyl sites for hydroxylation is 2. The molecule has 3 nitrogen and oxygen atoms in total. The predicted molar refractivity (Wildman–Crippen MR) is 58.6 cm³/mol. The van der Waals surface area contributed by atoms with Crippen LogP contribution in [0.2, 0.25) is 0 Å². The van der Waals surface area contributed by atoms with Gasteiger partial charge in [0, 0.05) is 12.7 Å². The number of nitrogens with one attached hydrogen (secondary N) is 2. The molecule has 0 aliphatic heterocycles. The molecular formula is C11H16N2O. The largest absolute Gasteiger partial charge is 0.341 e. The van der Waals surface area contributed by atoms with Gasteiger partial charge in [-0.1, -0.05) is 13.0 Å². The zero-order valence-corrected chi connectivity index (χ0v) is 8.85. The van der Waals surface area contributed by atoms with E-state index in [0.29, 0.717) is 0 Å². The fourth-order valence-corrected chi connectivity index (χ4v) is 1.32. The van der Waals surface area contributed by atoms with Crippen molar-refractivity contribution in [2.24, 2.45) is 0 Å². The maximum absolute atomic E-state index is 11.0. The van der Waals surface area contributed by atoms with Crippen LogP contribution in [0.4, 0.5) is 10.5 Å². The maximum atomic E-state index is 11.0. The van der Waals surface area contributed by atoms with Crippen LogP contribution in [0.5, 0.6) is 0 Å². The Morgan fingerprint density at radius 1 is 1.43 bits per heavy atom. The Morgan fingerprint density at radius 2 is 2.14 bits per heavy atom. The number of rotatable bonds is 2. The van der Waals surface area contributed by atoms with E-state index in [-0.39, 0.29) is 6.03 Å². The van der Waals surface area contributed by atoms with Crippen LogP contribution in [-0.2, 0) is 6.42 Å². The maximum Gasteiger partial charge on any atom is 0.318 e. The molecular weight excluding hydrogens is 176 g/mol. The Balaban J connectivity index is 2.84. The summed E-state index contributed by atoms with van der Waals surface area (Å²) in [4.78, 5) is 11.0. The molecule has 0 saturated carbocycles. The summed E-state index contributed by atoms with van der Waals surface area (Å²) in [7, 11) is 1.60. The van der Waals surface area contributed by atoms with Gasteiger partial charge in [-0.05, 0) is 36.6 Å². The molecule has 14 heavy (non-hydrogen) atoms. The number of hydrogen-bond donors (Lipinski definition) is 2. The fourth-order valence-electron chi connectivity index (χ4n) is 1.32. The average molecular weight is 192 g/mol. The molecule has 3 heteroatoms. The first kappa shape index (κ1) is 10.6. The van der Waals surface area contributed by atoms with Gasteiger partial charge in [-0.3, -0.25) is 0 Å². The number of amides is 2. The van der Waals surface area contributed by atoms with Crippen molar-refractivity contribution >= 4 is 11.7 Å². The number of benzene rings is 1. The standard InChI is InChI=1S/C11H16N2O/c1-4-9-7-10(6-5-8(9)2)13-11(14)12-3/h5-7H,4H2,1-3H3,(H2,12,13,14). The number of carbonyl (C=O) groups excluding carboxylic acids is 1. The highest BCUT2D eigenvalue weighted by Crippen LogP contribution is 2.15. The summed E-state index contributed by atoms with van der Waals surface area (Å²) in [5, 5.41) is 5.26. The molecule has 0 fully saturated rings. The molecule has 0 heterocycles. The summed E-state index contributed by atoms with van der Waals surface area (Å²) < 4.78 is 0. The second kappa shape index (κ2) is 4.65. The number of urea groups is 1. The van der Waals surface area contributed by atoms with Crippen molar-refractivity contribution in [3.8, 4) is 0 Å². The molecule has 0 atom stereocenters. The molecule has 2 amide bonds. The van der Waals surface area contributed by atoms with Crippen molar-refractivity contribution in [2.75, 3.05) is 12.4 Å².